The molecule has 0 aliphatic heterocycles. The minimum absolute atomic E-state index is 0.215. The zero-order chi connectivity index (χ0) is 25.3. The average molecular weight is 547 g/mol. The standard InChI is InChI=1S/C28H35BrO6/c1-4-32-28(19-29)35-25(16-11-17-27(30)31-3)18-26(34-21-24-14-9-6-10-15-24)22(2)33-20-23-12-7-5-8-13-23/h5-10,12-15,22,25-26,28H,4,16,18-21H2,1-3H3/t22-,25+,26-,28?/m1/s1. The molecule has 4 atom stereocenters. The van der Waals surface area contributed by atoms with Crippen molar-refractivity contribution >= 4 is 21.9 Å². The molecule has 0 spiro atoms. The summed E-state index contributed by atoms with van der Waals surface area (Å²) < 4.78 is 29.0. The van der Waals surface area contributed by atoms with Gasteiger partial charge in [-0.05, 0) is 25.0 Å². The Labute approximate surface area is 217 Å². The highest BCUT2D eigenvalue weighted by Crippen LogP contribution is 2.20. The second kappa shape index (κ2) is 17.3. The van der Waals surface area contributed by atoms with E-state index < -0.39 is 12.3 Å². The van der Waals surface area contributed by atoms with Crippen molar-refractivity contribution in [1.29, 1.82) is 0 Å². The van der Waals surface area contributed by atoms with Crippen LogP contribution >= 0.6 is 15.9 Å². The summed E-state index contributed by atoms with van der Waals surface area (Å²) in [4.78, 5) is 11.5. The summed E-state index contributed by atoms with van der Waals surface area (Å²) in [7, 11) is 1.31. The van der Waals surface area contributed by atoms with E-state index in [4.69, 9.17) is 18.9 Å². The van der Waals surface area contributed by atoms with E-state index in [2.05, 4.69) is 32.5 Å². The van der Waals surface area contributed by atoms with Crippen LogP contribution in [0.15, 0.2) is 60.7 Å². The van der Waals surface area contributed by atoms with Gasteiger partial charge in [-0.2, -0.15) is 0 Å². The van der Waals surface area contributed by atoms with E-state index in [0.717, 1.165) is 11.1 Å². The highest BCUT2D eigenvalue weighted by Gasteiger charge is 2.26. The number of rotatable bonds is 15. The van der Waals surface area contributed by atoms with Gasteiger partial charge in [-0.3, -0.25) is 0 Å². The van der Waals surface area contributed by atoms with Crippen molar-refractivity contribution in [2.45, 2.75) is 64.5 Å². The Morgan fingerprint density at radius 2 is 1.54 bits per heavy atom. The zero-order valence-electron chi connectivity index (χ0n) is 20.7. The Balaban J connectivity index is 2.14. The lowest BCUT2D eigenvalue weighted by Crippen LogP contribution is -2.36. The fourth-order valence-corrected chi connectivity index (χ4v) is 3.68. The molecule has 2 rings (SSSR count). The molecule has 35 heavy (non-hydrogen) atoms. The Morgan fingerprint density at radius 1 is 0.943 bits per heavy atom. The maximum Gasteiger partial charge on any atom is 0.384 e. The van der Waals surface area contributed by atoms with Crippen molar-refractivity contribution in [3.8, 4) is 11.8 Å². The third-order valence-corrected chi connectivity index (χ3v) is 5.74. The molecule has 0 bridgehead atoms. The van der Waals surface area contributed by atoms with Crippen LogP contribution in [0.1, 0.15) is 37.8 Å². The summed E-state index contributed by atoms with van der Waals surface area (Å²) in [6.45, 7) is 5.35. The Kier molecular flexibility index (Phi) is 14.3. The largest absolute Gasteiger partial charge is 0.459 e. The maximum atomic E-state index is 11.5. The lowest BCUT2D eigenvalue weighted by Gasteiger charge is -2.30. The number of esters is 1. The minimum atomic E-state index is -0.581. The van der Waals surface area contributed by atoms with Gasteiger partial charge in [0, 0.05) is 25.4 Å². The molecule has 7 heteroatoms. The second-order valence-corrected chi connectivity index (χ2v) is 8.51. The van der Waals surface area contributed by atoms with Crippen LogP contribution < -0.4 is 0 Å². The first kappa shape index (κ1) is 29.0. The maximum absolute atomic E-state index is 11.5. The molecule has 0 saturated carbocycles. The van der Waals surface area contributed by atoms with Crippen LogP contribution in [0.25, 0.3) is 0 Å². The second-order valence-electron chi connectivity index (χ2n) is 7.87. The number of benzene rings is 2. The third kappa shape index (κ3) is 11.9. The van der Waals surface area contributed by atoms with Gasteiger partial charge >= 0.3 is 5.97 Å². The van der Waals surface area contributed by atoms with Crippen molar-refractivity contribution in [3.05, 3.63) is 71.8 Å². The number of halogens is 1. The molecular weight excluding hydrogens is 512 g/mol. The number of hydrogen-bond donors (Lipinski definition) is 0. The van der Waals surface area contributed by atoms with Gasteiger partial charge in [0.1, 0.15) is 0 Å². The molecule has 1 unspecified atom stereocenters. The Bertz CT molecular complexity index is 896. The monoisotopic (exact) mass is 546 g/mol. The molecule has 0 aromatic heterocycles. The van der Waals surface area contributed by atoms with Gasteiger partial charge in [0.25, 0.3) is 0 Å². The van der Waals surface area contributed by atoms with Crippen LogP contribution in [0.3, 0.4) is 0 Å². The van der Waals surface area contributed by atoms with Crippen molar-refractivity contribution in [2.75, 3.05) is 19.0 Å². The van der Waals surface area contributed by atoms with E-state index in [1.165, 1.54) is 7.11 Å². The Hall–Kier alpha value is -2.21. The lowest BCUT2D eigenvalue weighted by atomic mass is 10.0. The number of hydrogen-bond acceptors (Lipinski definition) is 6. The SMILES string of the molecule is CCOC(CBr)O[C@@H](CC#CC(=O)OC)C[C@@H](OCc1ccccc1)[C@@H](C)OCc1ccccc1. The predicted octanol–water partition coefficient (Wildman–Crippen LogP) is 5.28. The van der Waals surface area contributed by atoms with Gasteiger partial charge in [0.2, 0.25) is 0 Å². The van der Waals surface area contributed by atoms with Gasteiger partial charge in [0.15, 0.2) is 6.29 Å². The quantitative estimate of drug-likeness (QED) is 0.0995. The summed E-state index contributed by atoms with van der Waals surface area (Å²) in [6.07, 6.45) is -0.447. The molecule has 2 aromatic carbocycles. The first-order chi connectivity index (χ1) is 17.0. The molecule has 0 N–H and O–H groups in total. The third-order valence-electron chi connectivity index (χ3n) is 5.21. The van der Waals surface area contributed by atoms with Crippen LogP contribution in [0.2, 0.25) is 0 Å². The molecule has 190 valence electrons. The molecular formula is C28H35BrO6. The van der Waals surface area contributed by atoms with Gasteiger partial charge in [-0.1, -0.05) is 82.5 Å². The van der Waals surface area contributed by atoms with Crippen molar-refractivity contribution in [1.82, 2.24) is 0 Å². The molecule has 2 aromatic rings. The predicted molar refractivity (Wildman–Crippen MR) is 139 cm³/mol. The van der Waals surface area contributed by atoms with Crippen molar-refractivity contribution in [2.24, 2.45) is 0 Å². The number of ether oxygens (including phenoxy) is 5. The number of methoxy groups -OCH3 is 1. The lowest BCUT2D eigenvalue weighted by molar-refractivity contribution is -0.169. The topological polar surface area (TPSA) is 63.2 Å². The van der Waals surface area contributed by atoms with Crippen LogP contribution in [0.4, 0.5) is 0 Å². The summed E-state index contributed by atoms with van der Waals surface area (Å²) in [5.74, 6) is 4.76. The highest BCUT2D eigenvalue weighted by atomic mass is 79.9. The highest BCUT2D eigenvalue weighted by molar-refractivity contribution is 9.09. The summed E-state index contributed by atoms with van der Waals surface area (Å²) in [6, 6.07) is 20.0. The van der Waals surface area contributed by atoms with E-state index >= 15 is 0 Å². The molecule has 6 nitrogen and oxygen atoms in total. The number of alkyl halides is 1. The zero-order valence-corrected chi connectivity index (χ0v) is 22.2. The van der Waals surface area contributed by atoms with E-state index in [9.17, 15) is 4.79 Å². The van der Waals surface area contributed by atoms with Crippen molar-refractivity contribution < 1.29 is 28.5 Å². The van der Waals surface area contributed by atoms with Crippen LogP contribution in [-0.4, -0.2) is 49.6 Å². The first-order valence-corrected chi connectivity index (χ1v) is 12.9. The smallest absolute Gasteiger partial charge is 0.384 e. The van der Waals surface area contributed by atoms with Crippen molar-refractivity contribution in [3.63, 3.8) is 0 Å². The molecule has 0 radical (unpaired) electrons. The van der Waals surface area contributed by atoms with E-state index in [1.54, 1.807) is 0 Å². The molecule has 0 heterocycles. The number of carbonyl (C=O) groups is 1. The van der Waals surface area contributed by atoms with Gasteiger partial charge < -0.3 is 23.7 Å². The molecule has 0 aliphatic carbocycles. The summed E-state index contributed by atoms with van der Waals surface area (Å²) >= 11 is 3.44. The summed E-state index contributed by atoms with van der Waals surface area (Å²) in [5.41, 5.74) is 2.16. The van der Waals surface area contributed by atoms with E-state index in [0.29, 0.717) is 38.0 Å². The summed E-state index contributed by atoms with van der Waals surface area (Å²) in [5, 5.41) is 0.511. The average Bonchev–Trinajstić information content (AvgIpc) is 2.90. The van der Waals surface area contributed by atoms with Crippen LogP contribution in [0.5, 0.6) is 0 Å². The van der Waals surface area contributed by atoms with Gasteiger partial charge in [-0.25, -0.2) is 4.79 Å². The fraction of sp³-hybridized carbons (Fsp3) is 0.464. The number of carbonyl (C=O) groups excluding carboxylic acids is 1. The molecule has 0 aliphatic rings. The molecule has 0 saturated heterocycles. The Morgan fingerprint density at radius 3 is 2.09 bits per heavy atom. The minimum Gasteiger partial charge on any atom is -0.459 e. The van der Waals surface area contributed by atoms with E-state index in [1.807, 2.05) is 74.5 Å². The van der Waals surface area contributed by atoms with Gasteiger partial charge in [-0.15, -0.1) is 0 Å². The molecule has 0 fully saturated rings. The fourth-order valence-electron chi connectivity index (χ4n) is 3.34. The first-order valence-electron chi connectivity index (χ1n) is 11.8. The van der Waals surface area contributed by atoms with E-state index in [-0.39, 0.29) is 18.3 Å². The van der Waals surface area contributed by atoms with Crippen LogP contribution in [0, 0.1) is 11.8 Å². The van der Waals surface area contributed by atoms with Gasteiger partial charge in [0.05, 0.1) is 44.0 Å². The normalized spacial score (nSPS) is 14.3. The van der Waals surface area contributed by atoms with Crippen LogP contribution in [-0.2, 0) is 41.7 Å². The molecule has 0 amide bonds.